The van der Waals surface area contributed by atoms with Crippen LogP contribution in [0.1, 0.15) is 38.2 Å². The molecule has 0 aromatic heterocycles. The average molecular weight is 630 g/mol. The fourth-order valence-electron chi connectivity index (χ4n) is 4.83. The first kappa shape index (κ1) is 32.6. The molecule has 1 amide bonds. The first-order chi connectivity index (χ1) is 19.8. The standard InChI is InChI=1S/C13H9.C12H11Si.C10H13NO.2ClH.Ti/c1-3-7-12-10(5-1)9-11-6-2-4-8-13(11)12;1-3-7-11(8-4-1)13-12-9-5-2-6-10-12;1-6-4-7(2)9(10(11)12)8(3)5-6;;;/h1-5,7-8H,9H2;1-10,13H;4-5H,1-3H3,(H2,11,12);2*1H;/q-1;;;;;+2/p-3. The van der Waals surface area contributed by atoms with E-state index in [0.29, 0.717) is 5.56 Å². The molecular weight excluding hydrogens is 597 g/mol. The topological polar surface area (TPSA) is 40.9 Å². The van der Waals surface area contributed by atoms with Crippen molar-refractivity contribution in [1.82, 2.24) is 0 Å². The van der Waals surface area contributed by atoms with Crippen LogP contribution in [0.2, 0.25) is 0 Å². The van der Waals surface area contributed by atoms with Gasteiger partial charge in [0.25, 0.3) is 0 Å². The van der Waals surface area contributed by atoms with E-state index < -0.39 is 22.9 Å². The van der Waals surface area contributed by atoms with E-state index in [4.69, 9.17) is 24.3 Å². The summed E-state index contributed by atoms with van der Waals surface area (Å²) in [6, 6.07) is 43.3. The van der Waals surface area contributed by atoms with Crippen LogP contribution in [0.15, 0.2) is 115 Å². The monoisotopic (exact) mass is 628 g/mol. The Morgan fingerprint density at radius 3 is 1.78 bits per heavy atom. The molecule has 1 radical (unpaired) electrons. The Bertz CT molecular complexity index is 1440. The van der Waals surface area contributed by atoms with E-state index in [1.54, 1.807) is 0 Å². The number of rotatable bonds is 3. The van der Waals surface area contributed by atoms with E-state index in [1.165, 1.54) is 32.6 Å². The maximum absolute atomic E-state index is 10.9. The minimum Gasteiger partial charge on any atom is -0.179 e. The largest absolute Gasteiger partial charge is 0.179 e. The average Bonchev–Trinajstić information content (AvgIpc) is 3.33. The zero-order chi connectivity index (χ0) is 29.6. The van der Waals surface area contributed by atoms with Crippen LogP contribution in [0.3, 0.4) is 0 Å². The predicted octanol–water partition coefficient (Wildman–Crippen LogP) is 8.31. The maximum Gasteiger partial charge on any atom is 0.103 e. The normalized spacial score (nSPS) is 10.3. The smallest absolute Gasteiger partial charge is 0.103 e. The number of amides is 1. The van der Waals surface area contributed by atoms with Crippen LogP contribution in [0, 0.1) is 26.8 Å². The molecule has 0 spiro atoms. The fraction of sp³-hybridized carbons (Fsp3) is 0.114. The maximum atomic E-state index is 10.9. The molecule has 0 unspecified atom stereocenters. The molecule has 0 atom stereocenters. The minimum absolute atomic E-state index is 0.271. The minimum atomic E-state index is -0.593. The predicted molar refractivity (Wildman–Crippen MR) is 174 cm³/mol. The quantitative estimate of drug-likeness (QED) is 0.143. The number of nitrogens with one attached hydrogen (secondary N) is 1. The number of carbonyl (C=O) groups is 1. The molecule has 0 bridgehead atoms. The summed E-state index contributed by atoms with van der Waals surface area (Å²) in [5.74, 6) is -0.593. The number of hydrogen-bond acceptors (Lipinski definition) is 1. The van der Waals surface area contributed by atoms with Gasteiger partial charge >= 0.3 is 35.6 Å². The summed E-state index contributed by atoms with van der Waals surface area (Å²) in [5.41, 5.74) is 16.0. The summed E-state index contributed by atoms with van der Waals surface area (Å²) in [4.78, 5) is 10.9. The Balaban J connectivity index is 0.000000161. The van der Waals surface area contributed by atoms with Crippen molar-refractivity contribution in [2.45, 2.75) is 27.2 Å². The summed E-state index contributed by atoms with van der Waals surface area (Å²) in [6.07, 6.45) is 1.05. The van der Waals surface area contributed by atoms with Crippen LogP contribution in [0.5, 0.6) is 0 Å². The number of benzene rings is 5. The van der Waals surface area contributed by atoms with Gasteiger partial charge in [-0.1, -0.05) is 124 Å². The molecule has 2 nitrogen and oxygen atoms in total. The summed E-state index contributed by atoms with van der Waals surface area (Å²) in [6.45, 7) is 5.71. The van der Waals surface area contributed by atoms with Crippen molar-refractivity contribution in [2.24, 2.45) is 0 Å². The van der Waals surface area contributed by atoms with Crippen LogP contribution in [-0.4, -0.2) is 15.4 Å². The number of halogens is 2. The van der Waals surface area contributed by atoms with Crippen molar-refractivity contribution in [2.75, 3.05) is 0 Å². The van der Waals surface area contributed by atoms with E-state index in [1.807, 2.05) is 39.0 Å². The summed E-state index contributed by atoms with van der Waals surface area (Å²) in [5, 5.41) is 2.90. The number of hydrogen-bond donors (Lipinski definition) is 0. The fourth-order valence-corrected chi connectivity index (χ4v) is 6.04. The molecule has 207 valence electrons. The van der Waals surface area contributed by atoms with E-state index in [-0.39, 0.29) is 9.52 Å². The summed E-state index contributed by atoms with van der Waals surface area (Å²) in [7, 11) is 10.0. The van der Waals surface area contributed by atoms with Gasteiger partial charge in [-0.3, -0.25) is 0 Å². The second-order valence-corrected chi connectivity index (χ2v) is 13.7. The Morgan fingerprint density at radius 1 is 0.756 bits per heavy atom. The van der Waals surface area contributed by atoms with Crippen molar-refractivity contribution in [3.8, 4) is 11.1 Å². The van der Waals surface area contributed by atoms with Crippen LogP contribution < -0.4 is 10.4 Å². The van der Waals surface area contributed by atoms with Gasteiger partial charge in [0.2, 0.25) is 0 Å². The van der Waals surface area contributed by atoms with Crippen LogP contribution >= 0.6 is 18.6 Å². The van der Waals surface area contributed by atoms with Crippen molar-refractivity contribution in [3.05, 3.63) is 160 Å². The van der Waals surface area contributed by atoms with Gasteiger partial charge in [-0.2, -0.15) is 29.8 Å². The molecule has 0 saturated heterocycles. The Labute approximate surface area is 263 Å². The molecule has 0 fully saturated rings. The van der Waals surface area contributed by atoms with E-state index >= 15 is 0 Å². The molecule has 0 saturated carbocycles. The second-order valence-electron chi connectivity index (χ2n) is 9.54. The van der Waals surface area contributed by atoms with Gasteiger partial charge in [0.15, 0.2) is 0 Å². The van der Waals surface area contributed by atoms with E-state index in [2.05, 4.69) is 103 Å². The molecular formula is C35H32Cl2NOSiTi-2. The number of aryl methyl sites for hydroxylation is 3. The molecule has 1 N–H and O–H groups in total. The van der Waals surface area contributed by atoms with Gasteiger partial charge in [0.05, 0.1) is 5.91 Å². The molecule has 5 aromatic rings. The Hall–Kier alpha value is -2.92. The zero-order valence-corrected chi connectivity index (χ0v) is 27.6. The Morgan fingerprint density at radius 2 is 1.24 bits per heavy atom. The van der Waals surface area contributed by atoms with Crippen molar-refractivity contribution < 1.29 is 21.8 Å². The van der Waals surface area contributed by atoms with Crippen molar-refractivity contribution in [1.29, 1.82) is 0 Å². The van der Waals surface area contributed by atoms with Gasteiger partial charge in [-0.25, -0.2) is 0 Å². The van der Waals surface area contributed by atoms with Crippen molar-refractivity contribution >= 4 is 44.4 Å². The SMILES string of the molecule is Cc1cc(C)c(C([NH-])=O)c(C)c1.[Cl][Ti][Cl].[c-]1cccc2c1Cc1ccccc1-2.c1ccc([SiH]c2ccccc2)cc1. The molecule has 6 heteroatoms. The molecule has 0 aliphatic heterocycles. The molecule has 5 aromatic carbocycles. The Kier molecular flexibility index (Phi) is 13.6. The summed E-state index contributed by atoms with van der Waals surface area (Å²) < 4.78 is 0. The van der Waals surface area contributed by atoms with Gasteiger partial charge in [0, 0.05) is 5.56 Å². The van der Waals surface area contributed by atoms with E-state index in [0.717, 1.165) is 23.1 Å². The van der Waals surface area contributed by atoms with Gasteiger partial charge in [-0.05, 0) is 38.3 Å². The van der Waals surface area contributed by atoms with Gasteiger partial charge < -0.3 is 10.5 Å². The molecule has 0 heterocycles. The summed E-state index contributed by atoms with van der Waals surface area (Å²) >= 11 is -0.556. The van der Waals surface area contributed by atoms with E-state index in [9.17, 15) is 4.79 Å². The van der Waals surface area contributed by atoms with Crippen LogP contribution in [0.4, 0.5) is 0 Å². The van der Waals surface area contributed by atoms with Crippen LogP contribution in [-0.2, 0) is 23.5 Å². The molecule has 41 heavy (non-hydrogen) atoms. The zero-order valence-electron chi connectivity index (χ0n) is 23.4. The second kappa shape index (κ2) is 17.1. The first-order valence-electron chi connectivity index (χ1n) is 13.2. The molecule has 1 aliphatic carbocycles. The molecule has 1 aliphatic rings. The third-order valence-electron chi connectivity index (χ3n) is 6.45. The third kappa shape index (κ3) is 10.1. The van der Waals surface area contributed by atoms with Gasteiger partial charge in [-0.15, -0.1) is 5.56 Å². The number of fused-ring (bicyclic) bond motifs is 3. The van der Waals surface area contributed by atoms with Gasteiger partial charge in [0.1, 0.15) is 9.52 Å². The number of carbonyl (C=O) groups excluding carboxylic acids is 1. The van der Waals surface area contributed by atoms with Crippen molar-refractivity contribution in [3.63, 3.8) is 0 Å². The van der Waals surface area contributed by atoms with Crippen LogP contribution in [0.25, 0.3) is 16.9 Å². The molecule has 6 rings (SSSR count). The first-order valence-corrected chi connectivity index (χ1v) is 18.6. The third-order valence-corrected chi connectivity index (χ3v) is 7.89.